The molecule has 8 heteroatoms. The number of hydrogen-bond donors (Lipinski definition) is 2. The average Bonchev–Trinajstić information content (AvgIpc) is 2.62. The molecule has 27 heavy (non-hydrogen) atoms. The highest BCUT2D eigenvalue weighted by Crippen LogP contribution is 2.20. The normalized spacial score (nSPS) is 15.6. The SMILES string of the molecule is CN(CC(=O)NCC(C)(C)N1CCOCC1)CC(=O)Nc1ccccc1Cl. The van der Waals surface area contributed by atoms with Crippen molar-refractivity contribution in [2.75, 3.05) is 58.3 Å². The minimum Gasteiger partial charge on any atom is -0.379 e. The lowest BCUT2D eigenvalue weighted by molar-refractivity contribution is -0.123. The summed E-state index contributed by atoms with van der Waals surface area (Å²) in [5.74, 6) is -0.323. The Morgan fingerprint density at radius 3 is 2.48 bits per heavy atom. The van der Waals surface area contributed by atoms with Crippen LogP contribution < -0.4 is 10.6 Å². The summed E-state index contributed by atoms with van der Waals surface area (Å²) in [6, 6.07) is 7.05. The third kappa shape index (κ3) is 7.10. The Kier molecular flexibility index (Phi) is 8.04. The molecule has 1 saturated heterocycles. The van der Waals surface area contributed by atoms with Crippen LogP contribution in [-0.2, 0) is 14.3 Å². The molecule has 1 fully saturated rings. The molecule has 1 aromatic carbocycles. The zero-order valence-corrected chi connectivity index (χ0v) is 17.0. The zero-order chi connectivity index (χ0) is 19.9. The van der Waals surface area contributed by atoms with Crippen LogP contribution in [-0.4, -0.2) is 80.1 Å². The van der Waals surface area contributed by atoms with Crippen molar-refractivity contribution in [3.05, 3.63) is 29.3 Å². The van der Waals surface area contributed by atoms with Gasteiger partial charge in [0.25, 0.3) is 0 Å². The fourth-order valence-electron chi connectivity index (χ4n) is 2.95. The second kappa shape index (κ2) is 10.0. The Hall–Kier alpha value is -1.67. The number of para-hydroxylation sites is 1. The van der Waals surface area contributed by atoms with Gasteiger partial charge in [-0.05, 0) is 33.0 Å². The van der Waals surface area contributed by atoms with Gasteiger partial charge in [-0.15, -0.1) is 0 Å². The first-order valence-corrected chi connectivity index (χ1v) is 9.48. The van der Waals surface area contributed by atoms with Gasteiger partial charge in [0.15, 0.2) is 0 Å². The molecule has 1 aliphatic rings. The fourth-order valence-corrected chi connectivity index (χ4v) is 3.13. The minimum absolute atomic E-state index is 0.103. The second-order valence-electron chi connectivity index (χ2n) is 7.39. The molecular formula is C19H29ClN4O3. The molecule has 7 nitrogen and oxygen atoms in total. The number of anilines is 1. The highest BCUT2D eigenvalue weighted by Gasteiger charge is 2.28. The molecule has 0 bridgehead atoms. The third-order valence-electron chi connectivity index (χ3n) is 4.56. The summed E-state index contributed by atoms with van der Waals surface area (Å²) in [7, 11) is 1.73. The molecule has 1 aromatic rings. The van der Waals surface area contributed by atoms with Gasteiger partial charge >= 0.3 is 0 Å². The summed E-state index contributed by atoms with van der Waals surface area (Å²) in [5.41, 5.74) is 0.425. The standard InChI is InChI=1S/C19H29ClN4O3/c1-19(2,24-8-10-27-11-9-24)14-21-17(25)12-23(3)13-18(26)22-16-7-5-4-6-15(16)20/h4-7H,8-14H2,1-3H3,(H,21,25)(H,22,26). The predicted molar refractivity (Wildman–Crippen MR) is 107 cm³/mol. The molecule has 1 aliphatic heterocycles. The Bertz CT molecular complexity index is 648. The first-order chi connectivity index (χ1) is 12.8. The van der Waals surface area contributed by atoms with Gasteiger partial charge in [-0.2, -0.15) is 0 Å². The molecule has 150 valence electrons. The lowest BCUT2D eigenvalue weighted by atomic mass is 10.0. The molecule has 0 spiro atoms. The van der Waals surface area contributed by atoms with Crippen molar-refractivity contribution in [3.8, 4) is 0 Å². The predicted octanol–water partition coefficient (Wildman–Crippen LogP) is 1.44. The molecule has 0 aromatic heterocycles. The van der Waals surface area contributed by atoms with E-state index in [1.54, 1.807) is 36.2 Å². The Morgan fingerprint density at radius 2 is 1.81 bits per heavy atom. The van der Waals surface area contributed by atoms with E-state index in [1.165, 1.54) is 0 Å². The van der Waals surface area contributed by atoms with E-state index in [9.17, 15) is 9.59 Å². The number of carbonyl (C=O) groups excluding carboxylic acids is 2. The number of nitrogens with zero attached hydrogens (tertiary/aromatic N) is 2. The summed E-state index contributed by atoms with van der Waals surface area (Å²) in [6.07, 6.45) is 0. The molecule has 0 aliphatic carbocycles. The molecule has 2 amide bonds. The van der Waals surface area contributed by atoms with Gasteiger partial charge in [0.1, 0.15) is 0 Å². The van der Waals surface area contributed by atoms with Gasteiger partial charge < -0.3 is 15.4 Å². The second-order valence-corrected chi connectivity index (χ2v) is 7.80. The van der Waals surface area contributed by atoms with E-state index in [2.05, 4.69) is 29.4 Å². The number of morpholine rings is 1. The van der Waals surface area contributed by atoms with Crippen LogP contribution in [0.5, 0.6) is 0 Å². The van der Waals surface area contributed by atoms with Crippen molar-refractivity contribution in [2.45, 2.75) is 19.4 Å². The summed E-state index contributed by atoms with van der Waals surface area (Å²) in [4.78, 5) is 28.3. The van der Waals surface area contributed by atoms with Crippen LogP contribution in [0.1, 0.15) is 13.8 Å². The van der Waals surface area contributed by atoms with Gasteiger partial charge in [-0.25, -0.2) is 0 Å². The summed E-state index contributed by atoms with van der Waals surface area (Å²) < 4.78 is 5.38. The van der Waals surface area contributed by atoms with Crippen molar-refractivity contribution in [1.29, 1.82) is 0 Å². The number of amides is 2. The van der Waals surface area contributed by atoms with E-state index < -0.39 is 0 Å². The highest BCUT2D eigenvalue weighted by atomic mass is 35.5. The number of rotatable bonds is 8. The Morgan fingerprint density at radius 1 is 1.19 bits per heavy atom. The van der Waals surface area contributed by atoms with Gasteiger partial charge in [-0.1, -0.05) is 23.7 Å². The molecule has 0 radical (unpaired) electrons. The van der Waals surface area contributed by atoms with Crippen LogP contribution >= 0.6 is 11.6 Å². The number of likely N-dealkylation sites (N-methyl/N-ethyl adjacent to an activating group) is 1. The van der Waals surface area contributed by atoms with Crippen LogP contribution in [0.3, 0.4) is 0 Å². The lowest BCUT2D eigenvalue weighted by Gasteiger charge is -2.40. The average molecular weight is 397 g/mol. The summed E-state index contributed by atoms with van der Waals surface area (Å²) in [5, 5.41) is 6.20. The summed E-state index contributed by atoms with van der Waals surface area (Å²) >= 11 is 6.03. The number of benzene rings is 1. The molecule has 2 N–H and O–H groups in total. The maximum Gasteiger partial charge on any atom is 0.238 e. The minimum atomic E-state index is -0.216. The number of nitrogens with one attached hydrogen (secondary N) is 2. The first-order valence-electron chi connectivity index (χ1n) is 9.10. The van der Waals surface area contributed by atoms with Gasteiger partial charge in [0, 0.05) is 25.2 Å². The van der Waals surface area contributed by atoms with Crippen LogP contribution in [0.2, 0.25) is 5.02 Å². The molecular weight excluding hydrogens is 368 g/mol. The van der Waals surface area contributed by atoms with Crippen LogP contribution in [0.15, 0.2) is 24.3 Å². The quantitative estimate of drug-likeness (QED) is 0.695. The maximum absolute atomic E-state index is 12.2. The van der Waals surface area contributed by atoms with Gasteiger partial charge in [0.05, 0.1) is 37.0 Å². The van der Waals surface area contributed by atoms with Crippen LogP contribution in [0, 0.1) is 0 Å². The number of hydrogen-bond acceptors (Lipinski definition) is 5. The summed E-state index contributed by atoms with van der Waals surface area (Å²) in [6.45, 7) is 8.20. The molecule has 1 heterocycles. The molecule has 0 saturated carbocycles. The van der Waals surface area contributed by atoms with Crippen LogP contribution in [0.4, 0.5) is 5.69 Å². The zero-order valence-electron chi connectivity index (χ0n) is 16.3. The lowest BCUT2D eigenvalue weighted by Crippen LogP contribution is -2.56. The van der Waals surface area contributed by atoms with Crippen LogP contribution in [0.25, 0.3) is 0 Å². The number of carbonyl (C=O) groups is 2. The largest absolute Gasteiger partial charge is 0.379 e. The van der Waals surface area contributed by atoms with Crippen molar-refractivity contribution in [2.24, 2.45) is 0 Å². The third-order valence-corrected chi connectivity index (χ3v) is 4.89. The fraction of sp³-hybridized carbons (Fsp3) is 0.579. The van der Waals surface area contributed by atoms with E-state index in [0.29, 0.717) is 17.3 Å². The Labute approximate surface area is 166 Å². The van der Waals surface area contributed by atoms with Crippen molar-refractivity contribution in [3.63, 3.8) is 0 Å². The molecule has 0 atom stereocenters. The smallest absolute Gasteiger partial charge is 0.238 e. The van der Waals surface area contributed by atoms with E-state index in [0.717, 1.165) is 26.3 Å². The topological polar surface area (TPSA) is 73.9 Å². The Balaban J connectivity index is 1.73. The van der Waals surface area contributed by atoms with E-state index in [4.69, 9.17) is 16.3 Å². The molecule has 2 rings (SSSR count). The monoisotopic (exact) mass is 396 g/mol. The molecule has 0 unspecified atom stereocenters. The van der Waals surface area contributed by atoms with Crippen molar-refractivity contribution in [1.82, 2.24) is 15.1 Å². The first kappa shape index (κ1) is 21.6. The van der Waals surface area contributed by atoms with E-state index in [-0.39, 0.29) is 30.4 Å². The van der Waals surface area contributed by atoms with E-state index in [1.807, 2.05) is 0 Å². The van der Waals surface area contributed by atoms with Crippen molar-refractivity contribution >= 4 is 29.1 Å². The van der Waals surface area contributed by atoms with Gasteiger partial charge in [0.2, 0.25) is 11.8 Å². The van der Waals surface area contributed by atoms with Crippen molar-refractivity contribution < 1.29 is 14.3 Å². The maximum atomic E-state index is 12.2. The van der Waals surface area contributed by atoms with E-state index >= 15 is 0 Å². The number of halogens is 1. The number of ether oxygens (including phenoxy) is 1. The van der Waals surface area contributed by atoms with Gasteiger partial charge in [-0.3, -0.25) is 19.4 Å². The highest BCUT2D eigenvalue weighted by molar-refractivity contribution is 6.33.